The lowest BCUT2D eigenvalue weighted by Gasteiger charge is -2.43. The molecular formula is C30H47BrN6O3. The summed E-state index contributed by atoms with van der Waals surface area (Å²) in [6, 6.07) is 8.55. The van der Waals surface area contributed by atoms with Crippen molar-refractivity contribution in [1.82, 2.24) is 19.3 Å². The second kappa shape index (κ2) is 15.9. The Labute approximate surface area is 248 Å². The molecule has 9 nitrogen and oxygen atoms in total. The lowest BCUT2D eigenvalue weighted by Crippen LogP contribution is -2.56. The average molecular weight is 620 g/mol. The Hall–Kier alpha value is -2.69. The second-order valence-corrected chi connectivity index (χ2v) is 10.4. The highest BCUT2D eigenvalue weighted by atomic mass is 79.9. The van der Waals surface area contributed by atoms with Crippen LogP contribution < -0.4 is 9.80 Å². The van der Waals surface area contributed by atoms with Gasteiger partial charge >= 0.3 is 6.09 Å². The summed E-state index contributed by atoms with van der Waals surface area (Å²) in [5.74, 6) is 0.401. The van der Waals surface area contributed by atoms with Gasteiger partial charge in [0.2, 0.25) is 0 Å². The third kappa shape index (κ3) is 8.41. The molecule has 2 aromatic heterocycles. The van der Waals surface area contributed by atoms with Crippen LogP contribution in [-0.2, 0) is 9.47 Å². The number of piperazine rings is 1. The Morgan fingerprint density at radius 1 is 1.00 bits per heavy atom. The van der Waals surface area contributed by atoms with Gasteiger partial charge in [0.05, 0.1) is 24.9 Å². The van der Waals surface area contributed by atoms with Gasteiger partial charge in [-0.1, -0.05) is 41.5 Å². The summed E-state index contributed by atoms with van der Waals surface area (Å²) in [4.78, 5) is 28.7. The minimum atomic E-state index is -0.655. The molecule has 1 amide bonds. The van der Waals surface area contributed by atoms with E-state index < -0.39 is 11.7 Å². The minimum absolute atomic E-state index is 0.401. The maximum Gasteiger partial charge on any atom is 0.420 e. The third-order valence-corrected chi connectivity index (χ3v) is 6.42. The number of hydrogen-bond donors (Lipinski definition) is 0. The molecule has 2 aliphatic rings. The molecule has 4 heterocycles. The van der Waals surface area contributed by atoms with Crippen molar-refractivity contribution in [2.24, 2.45) is 0 Å². The number of nitrogens with zero attached hydrogens (tertiary/aromatic N) is 6. The van der Waals surface area contributed by atoms with Crippen LogP contribution in [0.15, 0.2) is 47.5 Å². The van der Waals surface area contributed by atoms with Gasteiger partial charge in [-0.15, -0.1) is 0 Å². The first-order chi connectivity index (χ1) is 19.3. The summed E-state index contributed by atoms with van der Waals surface area (Å²) in [6.07, 6.45) is 4.79. The Kier molecular flexibility index (Phi) is 13.3. The van der Waals surface area contributed by atoms with Crippen LogP contribution in [0.3, 0.4) is 0 Å². The van der Waals surface area contributed by atoms with E-state index in [1.54, 1.807) is 12.4 Å². The Balaban J connectivity index is 0.000000876. The van der Waals surface area contributed by atoms with Gasteiger partial charge in [0.25, 0.3) is 0 Å². The summed E-state index contributed by atoms with van der Waals surface area (Å²) >= 11 is 3.45. The van der Waals surface area contributed by atoms with Crippen LogP contribution in [0.4, 0.5) is 22.0 Å². The molecule has 0 N–H and O–H groups in total. The molecule has 3 aromatic rings. The molecule has 222 valence electrons. The maximum absolute atomic E-state index is 13.3. The number of hydrogen-bond acceptors (Lipinski definition) is 7. The summed E-state index contributed by atoms with van der Waals surface area (Å²) < 4.78 is 13.5. The van der Waals surface area contributed by atoms with Gasteiger partial charge in [-0.2, -0.15) is 0 Å². The minimum Gasteiger partial charge on any atom is -0.443 e. The molecule has 0 bridgehead atoms. The van der Waals surface area contributed by atoms with E-state index in [0.717, 1.165) is 45.1 Å². The summed E-state index contributed by atoms with van der Waals surface area (Å²) in [6.45, 7) is 23.2. The molecule has 0 radical (unpaired) electrons. The van der Waals surface area contributed by atoms with Gasteiger partial charge in [0, 0.05) is 50.5 Å². The average Bonchev–Trinajstić information content (AvgIpc) is 3.40. The molecule has 2 saturated heterocycles. The summed E-state index contributed by atoms with van der Waals surface area (Å²) in [5.41, 5.74) is 1.71. The summed E-state index contributed by atoms with van der Waals surface area (Å²) in [5, 5.41) is 0. The number of carbonyl (C=O) groups is 1. The fourth-order valence-electron chi connectivity index (χ4n) is 4.25. The molecule has 0 unspecified atom stereocenters. The molecule has 2 fully saturated rings. The topological polar surface area (TPSA) is 75.4 Å². The van der Waals surface area contributed by atoms with Crippen molar-refractivity contribution < 1.29 is 14.3 Å². The van der Waals surface area contributed by atoms with E-state index in [0.29, 0.717) is 27.8 Å². The third-order valence-electron chi connectivity index (χ3n) is 6.04. The van der Waals surface area contributed by atoms with Crippen molar-refractivity contribution in [2.45, 2.75) is 74.0 Å². The number of fused-ring (bicyclic) bond motifs is 1. The number of ether oxygens (including phenoxy) is 2. The first-order valence-electron chi connectivity index (χ1n) is 14.5. The van der Waals surface area contributed by atoms with E-state index in [1.807, 2.05) is 85.0 Å². The van der Waals surface area contributed by atoms with Crippen LogP contribution in [0.25, 0.3) is 5.65 Å². The molecule has 40 heavy (non-hydrogen) atoms. The zero-order valence-corrected chi connectivity index (χ0v) is 27.2. The van der Waals surface area contributed by atoms with E-state index in [1.165, 1.54) is 4.90 Å². The highest BCUT2D eigenvalue weighted by molar-refractivity contribution is 9.10. The summed E-state index contributed by atoms with van der Waals surface area (Å²) in [7, 11) is 0. The van der Waals surface area contributed by atoms with Crippen LogP contribution in [0.1, 0.15) is 62.3 Å². The van der Waals surface area contributed by atoms with Crippen molar-refractivity contribution in [3.05, 3.63) is 47.5 Å². The number of halogens is 1. The van der Waals surface area contributed by atoms with E-state index in [-0.39, 0.29) is 0 Å². The number of rotatable bonds is 4. The van der Waals surface area contributed by atoms with Crippen LogP contribution in [0.2, 0.25) is 0 Å². The number of aromatic nitrogens is 3. The number of amides is 1. The predicted octanol–water partition coefficient (Wildman–Crippen LogP) is 7.16. The van der Waals surface area contributed by atoms with Crippen LogP contribution in [0, 0.1) is 0 Å². The first-order valence-corrected chi connectivity index (χ1v) is 15.3. The standard InChI is InChI=1S/C24H29BrN6O3.3C2H6/c1-24(2,3)34-23(32)31(22-21-26-8-9-30(21)14-20(25)27-22)18-6-4-17(5-7-18)28-10-12-29(13-11-28)19-15-33-16-19;3*1-2/h4-9,14,19H,10-13,15-16H2,1-3H3;3*1-2H3. The highest BCUT2D eigenvalue weighted by Gasteiger charge is 2.30. The molecule has 0 spiro atoms. The quantitative estimate of drug-likeness (QED) is 0.307. The van der Waals surface area contributed by atoms with Crippen LogP contribution in [0.5, 0.6) is 0 Å². The van der Waals surface area contributed by atoms with Gasteiger partial charge in [0.15, 0.2) is 11.5 Å². The Morgan fingerprint density at radius 3 is 2.12 bits per heavy atom. The SMILES string of the molecule is CC.CC.CC.CC(C)(C)OC(=O)N(c1ccc(N2CCN(C3COC3)CC2)cc1)c1nc(Br)cn2ccnc12. The van der Waals surface area contributed by atoms with Gasteiger partial charge in [-0.25, -0.2) is 19.7 Å². The number of imidazole rings is 1. The fourth-order valence-corrected chi connectivity index (χ4v) is 4.64. The molecule has 10 heteroatoms. The Bertz CT molecular complexity index is 1170. The lowest BCUT2D eigenvalue weighted by molar-refractivity contribution is -0.0660. The van der Waals surface area contributed by atoms with Crippen molar-refractivity contribution in [3.8, 4) is 0 Å². The zero-order valence-electron chi connectivity index (χ0n) is 25.6. The van der Waals surface area contributed by atoms with E-state index in [9.17, 15) is 4.79 Å². The molecule has 0 aliphatic carbocycles. The van der Waals surface area contributed by atoms with Gasteiger partial charge in [0.1, 0.15) is 10.2 Å². The molecular weight excluding hydrogens is 572 g/mol. The van der Waals surface area contributed by atoms with Crippen LogP contribution in [-0.4, -0.2) is 76.4 Å². The molecule has 5 rings (SSSR count). The maximum atomic E-state index is 13.3. The molecule has 2 aliphatic heterocycles. The van der Waals surface area contributed by atoms with Gasteiger partial charge in [-0.05, 0) is 61.0 Å². The largest absolute Gasteiger partial charge is 0.443 e. The van der Waals surface area contributed by atoms with Crippen molar-refractivity contribution in [1.29, 1.82) is 0 Å². The van der Waals surface area contributed by atoms with Crippen molar-refractivity contribution >= 4 is 44.9 Å². The molecule has 0 saturated carbocycles. The molecule has 1 aromatic carbocycles. The van der Waals surface area contributed by atoms with Crippen molar-refractivity contribution in [3.63, 3.8) is 0 Å². The van der Waals surface area contributed by atoms with E-state index in [4.69, 9.17) is 9.47 Å². The molecule has 0 atom stereocenters. The first kappa shape index (κ1) is 33.5. The highest BCUT2D eigenvalue weighted by Crippen LogP contribution is 2.32. The smallest absolute Gasteiger partial charge is 0.420 e. The van der Waals surface area contributed by atoms with E-state index >= 15 is 0 Å². The lowest BCUT2D eigenvalue weighted by atomic mass is 10.1. The Morgan fingerprint density at radius 2 is 1.60 bits per heavy atom. The normalized spacial score (nSPS) is 15.4. The van der Waals surface area contributed by atoms with E-state index in [2.05, 4.69) is 47.8 Å². The predicted molar refractivity (Wildman–Crippen MR) is 168 cm³/mol. The number of carbonyl (C=O) groups excluding carboxylic acids is 1. The van der Waals surface area contributed by atoms with Gasteiger partial charge in [-0.3, -0.25) is 4.90 Å². The monoisotopic (exact) mass is 618 g/mol. The second-order valence-electron chi connectivity index (χ2n) is 9.59. The fraction of sp³-hybridized carbons (Fsp3) is 0.567. The zero-order chi connectivity index (χ0) is 29.9. The van der Waals surface area contributed by atoms with Crippen LogP contribution >= 0.6 is 15.9 Å². The number of benzene rings is 1. The van der Waals surface area contributed by atoms with Crippen molar-refractivity contribution in [2.75, 3.05) is 49.2 Å². The number of anilines is 3. The van der Waals surface area contributed by atoms with Gasteiger partial charge < -0.3 is 18.8 Å².